The van der Waals surface area contributed by atoms with Crippen LogP contribution >= 0.6 is 23.2 Å². The smallest absolute Gasteiger partial charge is 0.122 e. The molecule has 0 amide bonds. The Morgan fingerprint density at radius 3 is 2.50 bits per heavy atom. The lowest BCUT2D eigenvalue weighted by atomic mass is 10.2. The van der Waals surface area contributed by atoms with Crippen molar-refractivity contribution in [2.24, 2.45) is 5.73 Å². The number of pyridine rings is 1. The molecule has 2 rings (SSSR count). The highest BCUT2D eigenvalue weighted by Gasteiger charge is 2.01. The second-order valence-electron chi connectivity index (χ2n) is 3.75. The predicted molar refractivity (Wildman–Crippen MR) is 72.9 cm³/mol. The van der Waals surface area contributed by atoms with Crippen molar-refractivity contribution in [2.75, 3.05) is 0 Å². The first-order valence-corrected chi connectivity index (χ1v) is 6.16. The lowest BCUT2D eigenvalue weighted by Crippen LogP contribution is -2.02. The Kier molecular flexibility index (Phi) is 4.42. The van der Waals surface area contributed by atoms with Crippen LogP contribution in [0.4, 0.5) is 0 Å². The van der Waals surface area contributed by atoms with Crippen LogP contribution in [0.2, 0.25) is 10.0 Å². The summed E-state index contributed by atoms with van der Waals surface area (Å²) >= 11 is 11.8. The third-order valence-corrected chi connectivity index (χ3v) is 2.77. The lowest BCUT2D eigenvalue weighted by Gasteiger charge is -2.08. The predicted octanol–water partition coefficient (Wildman–Crippen LogP) is 3.43. The van der Waals surface area contributed by atoms with E-state index in [2.05, 4.69) is 4.98 Å². The van der Waals surface area contributed by atoms with Crippen molar-refractivity contribution in [1.29, 1.82) is 0 Å². The van der Waals surface area contributed by atoms with Gasteiger partial charge in [-0.1, -0.05) is 23.2 Å². The molecule has 2 aromatic rings. The van der Waals surface area contributed by atoms with Crippen molar-refractivity contribution in [3.63, 3.8) is 0 Å². The van der Waals surface area contributed by atoms with Crippen molar-refractivity contribution in [1.82, 2.24) is 4.98 Å². The van der Waals surface area contributed by atoms with Crippen LogP contribution in [0.5, 0.6) is 5.75 Å². The maximum absolute atomic E-state index is 5.89. The molecule has 0 radical (unpaired) electrons. The third-order valence-electron chi connectivity index (χ3n) is 2.33. The van der Waals surface area contributed by atoms with Gasteiger partial charge in [-0.15, -0.1) is 0 Å². The summed E-state index contributed by atoms with van der Waals surface area (Å²) in [6.45, 7) is 0.836. The maximum Gasteiger partial charge on any atom is 0.122 e. The standard InChI is InChI=1S/C13H12Cl2N2O/c14-10-4-11(15)6-13(5-10)18-8-9-1-2-17-12(3-9)7-16/h1-6H,7-8,16H2. The monoisotopic (exact) mass is 282 g/mol. The Morgan fingerprint density at radius 1 is 1.11 bits per heavy atom. The number of rotatable bonds is 4. The molecule has 94 valence electrons. The largest absolute Gasteiger partial charge is 0.489 e. The number of nitrogens with two attached hydrogens (primary N) is 1. The first kappa shape index (κ1) is 13.1. The molecule has 1 aromatic carbocycles. The summed E-state index contributed by atoms with van der Waals surface area (Å²) in [7, 11) is 0. The van der Waals surface area contributed by atoms with Gasteiger partial charge in [0, 0.05) is 22.8 Å². The molecule has 0 saturated carbocycles. The van der Waals surface area contributed by atoms with E-state index in [4.69, 9.17) is 33.7 Å². The molecule has 0 bridgehead atoms. The van der Waals surface area contributed by atoms with Gasteiger partial charge in [0.25, 0.3) is 0 Å². The SMILES string of the molecule is NCc1cc(COc2cc(Cl)cc(Cl)c2)ccn1. The highest BCUT2D eigenvalue weighted by molar-refractivity contribution is 6.34. The summed E-state index contributed by atoms with van der Waals surface area (Å²) in [5.74, 6) is 0.638. The molecule has 2 N–H and O–H groups in total. The topological polar surface area (TPSA) is 48.1 Å². The molecule has 1 aromatic heterocycles. The van der Waals surface area contributed by atoms with Gasteiger partial charge in [-0.25, -0.2) is 0 Å². The fourth-order valence-corrected chi connectivity index (χ4v) is 2.01. The van der Waals surface area contributed by atoms with E-state index < -0.39 is 0 Å². The summed E-state index contributed by atoms with van der Waals surface area (Å²) in [4.78, 5) is 4.12. The second kappa shape index (κ2) is 6.05. The van der Waals surface area contributed by atoms with Gasteiger partial charge >= 0.3 is 0 Å². The average Bonchev–Trinajstić information content (AvgIpc) is 2.35. The molecule has 0 saturated heterocycles. The molecular formula is C13H12Cl2N2O. The highest BCUT2D eigenvalue weighted by Crippen LogP contribution is 2.24. The van der Waals surface area contributed by atoms with Gasteiger partial charge in [0.2, 0.25) is 0 Å². The first-order chi connectivity index (χ1) is 8.67. The van der Waals surface area contributed by atoms with Gasteiger partial charge in [-0.2, -0.15) is 0 Å². The van der Waals surface area contributed by atoms with Gasteiger partial charge in [-0.3, -0.25) is 4.98 Å². The highest BCUT2D eigenvalue weighted by atomic mass is 35.5. The van der Waals surface area contributed by atoms with Crippen molar-refractivity contribution in [2.45, 2.75) is 13.2 Å². The Balaban J connectivity index is 2.06. The molecule has 0 spiro atoms. The molecule has 0 atom stereocenters. The molecule has 0 unspecified atom stereocenters. The van der Waals surface area contributed by atoms with Crippen LogP contribution < -0.4 is 10.5 Å². The number of hydrogen-bond donors (Lipinski definition) is 1. The fraction of sp³-hybridized carbons (Fsp3) is 0.154. The molecule has 0 aliphatic heterocycles. The maximum atomic E-state index is 5.89. The van der Waals surface area contributed by atoms with E-state index in [0.717, 1.165) is 11.3 Å². The minimum Gasteiger partial charge on any atom is -0.489 e. The van der Waals surface area contributed by atoms with Gasteiger partial charge in [0.15, 0.2) is 0 Å². The van der Waals surface area contributed by atoms with Crippen LogP contribution in [0.3, 0.4) is 0 Å². The molecule has 0 aliphatic carbocycles. The minimum absolute atomic E-state index is 0.414. The van der Waals surface area contributed by atoms with E-state index in [9.17, 15) is 0 Å². The Labute approximate surface area is 115 Å². The zero-order valence-corrected chi connectivity index (χ0v) is 11.1. The van der Waals surface area contributed by atoms with E-state index >= 15 is 0 Å². The summed E-state index contributed by atoms with van der Waals surface area (Å²) in [6.07, 6.45) is 1.71. The van der Waals surface area contributed by atoms with Crippen LogP contribution in [-0.4, -0.2) is 4.98 Å². The van der Waals surface area contributed by atoms with Crippen molar-refractivity contribution >= 4 is 23.2 Å². The van der Waals surface area contributed by atoms with Crippen LogP contribution in [0, 0.1) is 0 Å². The average molecular weight is 283 g/mol. The lowest BCUT2D eigenvalue weighted by molar-refractivity contribution is 0.306. The number of benzene rings is 1. The Bertz CT molecular complexity index is 526. The molecule has 1 heterocycles. The number of halogens is 2. The normalized spacial score (nSPS) is 10.4. The van der Waals surface area contributed by atoms with Gasteiger partial charge in [0.05, 0.1) is 5.69 Å². The minimum atomic E-state index is 0.414. The summed E-state index contributed by atoms with van der Waals surface area (Å²) in [5, 5.41) is 1.10. The van der Waals surface area contributed by atoms with Gasteiger partial charge in [0.1, 0.15) is 12.4 Å². The van der Waals surface area contributed by atoms with Crippen LogP contribution in [0.15, 0.2) is 36.5 Å². The number of ether oxygens (including phenoxy) is 1. The number of hydrogen-bond acceptors (Lipinski definition) is 3. The van der Waals surface area contributed by atoms with E-state index in [0.29, 0.717) is 28.9 Å². The van der Waals surface area contributed by atoms with E-state index in [1.54, 1.807) is 24.4 Å². The van der Waals surface area contributed by atoms with E-state index in [1.165, 1.54) is 0 Å². The second-order valence-corrected chi connectivity index (χ2v) is 4.63. The molecule has 3 nitrogen and oxygen atoms in total. The van der Waals surface area contributed by atoms with Crippen molar-refractivity contribution in [3.8, 4) is 5.75 Å². The summed E-state index contributed by atoms with van der Waals surface area (Å²) < 4.78 is 5.62. The zero-order chi connectivity index (χ0) is 13.0. The van der Waals surface area contributed by atoms with Crippen LogP contribution in [0.1, 0.15) is 11.3 Å². The Hall–Kier alpha value is -1.29. The first-order valence-electron chi connectivity index (χ1n) is 5.40. The van der Waals surface area contributed by atoms with E-state index in [1.807, 2.05) is 12.1 Å². The fourth-order valence-electron chi connectivity index (χ4n) is 1.51. The summed E-state index contributed by atoms with van der Waals surface area (Å²) in [6, 6.07) is 8.89. The number of aromatic nitrogens is 1. The quantitative estimate of drug-likeness (QED) is 0.935. The third kappa shape index (κ3) is 3.60. The van der Waals surface area contributed by atoms with Crippen molar-refractivity contribution < 1.29 is 4.74 Å². The van der Waals surface area contributed by atoms with Crippen molar-refractivity contribution in [3.05, 3.63) is 57.8 Å². The Morgan fingerprint density at radius 2 is 1.83 bits per heavy atom. The van der Waals surface area contributed by atoms with Gasteiger partial charge < -0.3 is 10.5 Å². The van der Waals surface area contributed by atoms with E-state index in [-0.39, 0.29) is 0 Å². The van der Waals surface area contributed by atoms with Crippen LogP contribution in [-0.2, 0) is 13.2 Å². The van der Waals surface area contributed by atoms with Crippen LogP contribution in [0.25, 0.3) is 0 Å². The molecule has 0 aliphatic rings. The molecular weight excluding hydrogens is 271 g/mol. The zero-order valence-electron chi connectivity index (χ0n) is 9.57. The van der Waals surface area contributed by atoms with Gasteiger partial charge in [-0.05, 0) is 35.9 Å². The molecule has 0 fully saturated rings. The summed E-state index contributed by atoms with van der Waals surface area (Å²) in [5.41, 5.74) is 7.36. The molecule has 18 heavy (non-hydrogen) atoms. The molecule has 5 heteroatoms. The number of nitrogens with zero attached hydrogens (tertiary/aromatic N) is 1.